The molecule has 0 fully saturated rings. The van der Waals surface area contributed by atoms with Crippen molar-refractivity contribution in [1.29, 1.82) is 0 Å². The van der Waals surface area contributed by atoms with Crippen LogP contribution in [0.15, 0.2) is 12.1 Å². The molecule has 0 unspecified atom stereocenters. The molecule has 0 aliphatic carbocycles. The van der Waals surface area contributed by atoms with Gasteiger partial charge in [0, 0.05) is 0 Å². The van der Waals surface area contributed by atoms with Crippen LogP contribution in [-0.4, -0.2) is 18.1 Å². The smallest absolute Gasteiger partial charge is 0.338 e. The number of carbonyl (C=O) groups is 1. The van der Waals surface area contributed by atoms with Gasteiger partial charge in [0.25, 0.3) is 0 Å². The van der Waals surface area contributed by atoms with Crippen molar-refractivity contribution in [2.75, 3.05) is 7.11 Å². The minimum Gasteiger partial charge on any atom is -0.465 e. The fraction of sp³-hybridized carbons (Fsp3) is 0.250. The van der Waals surface area contributed by atoms with Crippen LogP contribution >= 0.6 is 23.2 Å². The molecule has 0 aliphatic heterocycles. The van der Waals surface area contributed by atoms with Crippen LogP contribution in [0.25, 0.3) is 0 Å². The number of halogens is 2. The lowest BCUT2D eigenvalue weighted by Crippen LogP contribution is -2.02. The molecule has 13 heavy (non-hydrogen) atoms. The number of methoxy groups -OCH3 is 1. The number of hydrogen-bond donors (Lipinski definition) is 0. The lowest BCUT2D eigenvalue weighted by atomic mass is 10.2. The molecule has 0 amide bonds. The van der Waals surface area contributed by atoms with Gasteiger partial charge in [-0.1, -0.05) is 11.6 Å². The Morgan fingerprint density at radius 3 is 2.85 bits per heavy atom. The highest BCUT2D eigenvalue weighted by Gasteiger charge is 2.08. The second-order valence-electron chi connectivity index (χ2n) is 2.30. The van der Waals surface area contributed by atoms with E-state index in [1.165, 1.54) is 13.2 Å². The van der Waals surface area contributed by atoms with Crippen LogP contribution in [0.3, 0.4) is 0 Å². The van der Waals surface area contributed by atoms with Crippen LogP contribution in [0.4, 0.5) is 0 Å². The van der Waals surface area contributed by atoms with Crippen LogP contribution in [-0.2, 0) is 10.6 Å². The summed E-state index contributed by atoms with van der Waals surface area (Å²) in [7, 11) is 1.30. The molecule has 0 spiro atoms. The summed E-state index contributed by atoms with van der Waals surface area (Å²) < 4.78 is 4.52. The lowest BCUT2D eigenvalue weighted by Gasteiger charge is -2.01. The monoisotopic (exact) mass is 219 g/mol. The maximum atomic E-state index is 11.1. The van der Waals surface area contributed by atoms with Gasteiger partial charge in [0.2, 0.25) is 0 Å². The molecule has 70 valence electrons. The van der Waals surface area contributed by atoms with Crippen LogP contribution in [0.5, 0.6) is 0 Å². The fourth-order valence-electron chi connectivity index (χ4n) is 0.855. The zero-order valence-corrected chi connectivity index (χ0v) is 8.39. The largest absolute Gasteiger partial charge is 0.465 e. The van der Waals surface area contributed by atoms with Gasteiger partial charge in [-0.05, 0) is 12.1 Å². The molecule has 1 aromatic heterocycles. The number of carbonyl (C=O) groups excluding carboxylic acids is 1. The van der Waals surface area contributed by atoms with Crippen molar-refractivity contribution in [2.24, 2.45) is 0 Å². The van der Waals surface area contributed by atoms with E-state index in [2.05, 4.69) is 9.72 Å². The molecule has 0 saturated carbocycles. The maximum absolute atomic E-state index is 11.1. The van der Waals surface area contributed by atoms with Gasteiger partial charge >= 0.3 is 5.97 Å². The van der Waals surface area contributed by atoms with Gasteiger partial charge in [0.1, 0.15) is 5.15 Å². The van der Waals surface area contributed by atoms with Crippen LogP contribution in [0, 0.1) is 0 Å². The predicted molar refractivity (Wildman–Crippen MR) is 50.1 cm³/mol. The summed E-state index contributed by atoms with van der Waals surface area (Å²) in [6.07, 6.45) is 0. The average Bonchev–Trinajstić information content (AvgIpc) is 2.15. The van der Waals surface area contributed by atoms with Crippen molar-refractivity contribution in [3.8, 4) is 0 Å². The number of pyridine rings is 1. The first-order valence-electron chi connectivity index (χ1n) is 3.48. The van der Waals surface area contributed by atoms with Gasteiger partial charge in [-0.15, -0.1) is 11.6 Å². The second kappa shape index (κ2) is 4.44. The molecule has 0 atom stereocenters. The van der Waals surface area contributed by atoms with Crippen molar-refractivity contribution >= 4 is 29.2 Å². The van der Waals surface area contributed by atoms with E-state index < -0.39 is 5.97 Å². The number of nitrogens with zero attached hydrogens (tertiary/aromatic N) is 1. The van der Waals surface area contributed by atoms with E-state index in [1.807, 2.05) is 0 Å². The Balaban J connectivity index is 3.08. The topological polar surface area (TPSA) is 39.2 Å². The van der Waals surface area contributed by atoms with Crippen LogP contribution in [0.1, 0.15) is 16.1 Å². The summed E-state index contributed by atoms with van der Waals surface area (Å²) in [5.74, 6) is -0.236. The molecule has 0 N–H and O–H groups in total. The van der Waals surface area contributed by atoms with Gasteiger partial charge < -0.3 is 4.74 Å². The second-order valence-corrected chi connectivity index (χ2v) is 2.95. The van der Waals surface area contributed by atoms with Crippen molar-refractivity contribution in [3.63, 3.8) is 0 Å². The third-order valence-corrected chi connectivity index (χ3v) is 1.87. The average molecular weight is 220 g/mol. The van der Waals surface area contributed by atoms with E-state index in [1.54, 1.807) is 6.07 Å². The molecule has 0 radical (unpaired) electrons. The van der Waals surface area contributed by atoms with E-state index in [0.717, 1.165) is 0 Å². The molecular formula is C8H7Cl2NO2. The fourth-order valence-corrected chi connectivity index (χ4v) is 1.22. The van der Waals surface area contributed by atoms with Crippen molar-refractivity contribution in [3.05, 3.63) is 28.5 Å². The molecule has 1 heterocycles. The molecule has 0 aliphatic rings. The maximum Gasteiger partial charge on any atom is 0.338 e. The first-order chi connectivity index (χ1) is 6.17. The number of rotatable bonds is 2. The summed E-state index contributed by atoms with van der Waals surface area (Å²) in [6, 6.07) is 2.98. The minimum atomic E-state index is -0.448. The Morgan fingerprint density at radius 2 is 2.31 bits per heavy atom. The zero-order valence-electron chi connectivity index (χ0n) is 6.88. The van der Waals surface area contributed by atoms with Crippen LogP contribution in [0.2, 0.25) is 5.15 Å². The number of aromatic nitrogens is 1. The Morgan fingerprint density at radius 1 is 1.62 bits per heavy atom. The Hall–Kier alpha value is -0.800. The quantitative estimate of drug-likeness (QED) is 0.436. The molecule has 1 rings (SSSR count). The summed E-state index contributed by atoms with van der Waals surface area (Å²) in [4.78, 5) is 15.0. The third kappa shape index (κ3) is 2.57. The minimum absolute atomic E-state index is 0.213. The van der Waals surface area contributed by atoms with E-state index >= 15 is 0 Å². The summed E-state index contributed by atoms with van der Waals surface area (Å²) in [6.45, 7) is 0. The van der Waals surface area contributed by atoms with Crippen molar-refractivity contribution in [1.82, 2.24) is 4.98 Å². The van der Waals surface area contributed by atoms with Crippen molar-refractivity contribution in [2.45, 2.75) is 5.88 Å². The zero-order chi connectivity index (χ0) is 9.84. The van der Waals surface area contributed by atoms with Crippen molar-refractivity contribution < 1.29 is 9.53 Å². The molecule has 5 heteroatoms. The van der Waals surface area contributed by atoms with E-state index in [-0.39, 0.29) is 11.0 Å². The molecule has 1 aromatic rings. The molecule has 0 bridgehead atoms. The summed E-state index contributed by atoms with van der Waals surface area (Å²) >= 11 is 11.2. The highest BCUT2D eigenvalue weighted by atomic mass is 35.5. The van der Waals surface area contributed by atoms with Crippen LogP contribution < -0.4 is 0 Å². The van der Waals surface area contributed by atoms with E-state index in [4.69, 9.17) is 23.2 Å². The molecule has 0 saturated heterocycles. The third-order valence-electron chi connectivity index (χ3n) is 1.41. The number of alkyl halides is 1. The first kappa shape index (κ1) is 10.3. The standard InChI is InChI=1S/C8H7Cl2NO2/c1-13-8(12)5-2-6(4-9)11-7(10)3-5/h2-3H,4H2,1H3. The number of esters is 1. The number of ether oxygens (including phenoxy) is 1. The molecule has 3 nitrogen and oxygen atoms in total. The Bertz CT molecular complexity index is 328. The van der Waals surface area contributed by atoms with E-state index in [9.17, 15) is 4.79 Å². The summed E-state index contributed by atoms with van der Waals surface area (Å²) in [5, 5.41) is 0.235. The normalized spacial score (nSPS) is 9.77. The van der Waals surface area contributed by atoms with Gasteiger partial charge in [-0.25, -0.2) is 9.78 Å². The first-order valence-corrected chi connectivity index (χ1v) is 4.39. The Labute approximate surface area is 85.6 Å². The highest BCUT2D eigenvalue weighted by molar-refractivity contribution is 6.29. The molecular weight excluding hydrogens is 213 g/mol. The van der Waals surface area contributed by atoms with E-state index in [0.29, 0.717) is 11.3 Å². The SMILES string of the molecule is COC(=O)c1cc(Cl)nc(CCl)c1. The number of hydrogen-bond acceptors (Lipinski definition) is 3. The summed E-state index contributed by atoms with van der Waals surface area (Å²) in [5.41, 5.74) is 0.910. The van der Waals surface area contributed by atoms with Gasteiger partial charge in [0.15, 0.2) is 0 Å². The molecule has 0 aromatic carbocycles. The lowest BCUT2D eigenvalue weighted by molar-refractivity contribution is 0.0600. The van der Waals surface area contributed by atoms with Gasteiger partial charge in [0.05, 0.1) is 24.2 Å². The highest BCUT2D eigenvalue weighted by Crippen LogP contribution is 2.13. The van der Waals surface area contributed by atoms with Gasteiger partial charge in [-0.2, -0.15) is 0 Å². The Kier molecular flexibility index (Phi) is 3.51. The van der Waals surface area contributed by atoms with Gasteiger partial charge in [-0.3, -0.25) is 0 Å². The predicted octanol–water partition coefficient (Wildman–Crippen LogP) is 2.26.